The van der Waals surface area contributed by atoms with Gasteiger partial charge >= 0.3 is 0 Å². The van der Waals surface area contributed by atoms with Crippen LogP contribution in [-0.2, 0) is 11.2 Å². The van der Waals surface area contributed by atoms with Gasteiger partial charge in [-0.3, -0.25) is 4.79 Å². The third-order valence-electron chi connectivity index (χ3n) is 1.96. The molecule has 0 atom stereocenters. The first-order chi connectivity index (χ1) is 6.69. The fourth-order valence-corrected chi connectivity index (χ4v) is 1.22. The van der Waals surface area contributed by atoms with Crippen LogP contribution >= 0.6 is 0 Å². The standard InChI is InChI=1S/C10H14N2O2/c1-2-7-4-3-5-8(13)10(7)12-9(14)6-11/h3-5,13H,2,6,11H2,1H3,(H,12,14). The summed E-state index contributed by atoms with van der Waals surface area (Å²) in [4.78, 5) is 11.1. The van der Waals surface area contributed by atoms with Gasteiger partial charge in [-0.25, -0.2) is 0 Å². The molecule has 1 rings (SSSR count). The first kappa shape index (κ1) is 10.5. The molecule has 0 radical (unpaired) electrons. The first-order valence-electron chi connectivity index (χ1n) is 4.49. The molecule has 0 aliphatic rings. The van der Waals surface area contributed by atoms with E-state index in [-0.39, 0.29) is 18.2 Å². The second-order valence-electron chi connectivity index (χ2n) is 2.92. The van der Waals surface area contributed by atoms with E-state index < -0.39 is 0 Å². The van der Waals surface area contributed by atoms with Gasteiger partial charge in [-0.15, -0.1) is 0 Å². The summed E-state index contributed by atoms with van der Waals surface area (Å²) < 4.78 is 0. The van der Waals surface area contributed by atoms with Crippen molar-refractivity contribution in [2.24, 2.45) is 5.73 Å². The Bertz CT molecular complexity index is 337. The molecule has 0 fully saturated rings. The minimum Gasteiger partial charge on any atom is -0.506 e. The van der Waals surface area contributed by atoms with Crippen LogP contribution in [0.3, 0.4) is 0 Å². The number of benzene rings is 1. The van der Waals surface area contributed by atoms with Crippen molar-refractivity contribution in [2.45, 2.75) is 13.3 Å². The third-order valence-corrected chi connectivity index (χ3v) is 1.96. The zero-order chi connectivity index (χ0) is 10.6. The number of phenols is 1. The number of carbonyl (C=O) groups excluding carboxylic acids is 1. The quantitative estimate of drug-likeness (QED) is 0.624. The number of hydrogen-bond donors (Lipinski definition) is 3. The van der Waals surface area contributed by atoms with Crippen molar-refractivity contribution in [3.05, 3.63) is 23.8 Å². The summed E-state index contributed by atoms with van der Waals surface area (Å²) in [6.45, 7) is 1.87. The van der Waals surface area contributed by atoms with Gasteiger partial charge in [0.15, 0.2) is 0 Å². The van der Waals surface area contributed by atoms with Crippen molar-refractivity contribution in [1.29, 1.82) is 0 Å². The van der Waals surface area contributed by atoms with E-state index in [1.807, 2.05) is 13.0 Å². The monoisotopic (exact) mass is 194 g/mol. The Hall–Kier alpha value is -1.55. The van der Waals surface area contributed by atoms with Crippen molar-refractivity contribution < 1.29 is 9.90 Å². The van der Waals surface area contributed by atoms with Crippen LogP contribution in [0.2, 0.25) is 0 Å². The van der Waals surface area contributed by atoms with Crippen LogP contribution in [0.15, 0.2) is 18.2 Å². The average molecular weight is 194 g/mol. The molecule has 0 heterocycles. The topological polar surface area (TPSA) is 75.3 Å². The molecule has 0 aliphatic heterocycles. The molecule has 1 aromatic rings. The molecule has 0 aliphatic carbocycles. The Morgan fingerprint density at radius 1 is 1.57 bits per heavy atom. The summed E-state index contributed by atoms with van der Waals surface area (Å²) in [7, 11) is 0. The first-order valence-corrected chi connectivity index (χ1v) is 4.49. The Kier molecular flexibility index (Phi) is 3.48. The molecule has 4 heteroatoms. The number of anilines is 1. The smallest absolute Gasteiger partial charge is 0.238 e. The van der Waals surface area contributed by atoms with Crippen molar-refractivity contribution >= 4 is 11.6 Å². The van der Waals surface area contributed by atoms with Crippen molar-refractivity contribution in [1.82, 2.24) is 0 Å². The van der Waals surface area contributed by atoms with Gasteiger partial charge in [0.05, 0.1) is 12.2 Å². The predicted molar refractivity (Wildman–Crippen MR) is 55.2 cm³/mol. The van der Waals surface area contributed by atoms with E-state index in [1.54, 1.807) is 6.07 Å². The average Bonchev–Trinajstić information content (AvgIpc) is 2.20. The highest BCUT2D eigenvalue weighted by atomic mass is 16.3. The minimum atomic E-state index is -0.304. The number of hydrogen-bond acceptors (Lipinski definition) is 3. The molecular weight excluding hydrogens is 180 g/mol. The maximum absolute atomic E-state index is 11.1. The second-order valence-corrected chi connectivity index (χ2v) is 2.92. The largest absolute Gasteiger partial charge is 0.506 e. The Labute approximate surface area is 82.7 Å². The predicted octanol–water partition coefficient (Wildman–Crippen LogP) is 0.852. The van der Waals surface area contributed by atoms with Gasteiger partial charge in [-0.05, 0) is 18.1 Å². The lowest BCUT2D eigenvalue weighted by atomic mass is 10.1. The molecule has 14 heavy (non-hydrogen) atoms. The van der Waals surface area contributed by atoms with Gasteiger partial charge in [0.2, 0.25) is 5.91 Å². The summed E-state index contributed by atoms with van der Waals surface area (Å²) in [5.41, 5.74) is 6.53. The summed E-state index contributed by atoms with van der Waals surface area (Å²) in [5, 5.41) is 12.1. The number of rotatable bonds is 3. The number of carbonyl (C=O) groups is 1. The SMILES string of the molecule is CCc1cccc(O)c1NC(=O)CN. The number of phenolic OH excluding ortho intramolecular Hbond substituents is 1. The summed E-state index contributed by atoms with van der Waals surface area (Å²) >= 11 is 0. The van der Waals surface area contributed by atoms with E-state index in [4.69, 9.17) is 5.73 Å². The van der Waals surface area contributed by atoms with Gasteiger partial charge in [0, 0.05) is 0 Å². The van der Waals surface area contributed by atoms with E-state index >= 15 is 0 Å². The normalized spacial score (nSPS) is 9.86. The van der Waals surface area contributed by atoms with Crippen LogP contribution < -0.4 is 11.1 Å². The summed E-state index contributed by atoms with van der Waals surface area (Å²) in [6.07, 6.45) is 0.745. The maximum atomic E-state index is 11.1. The lowest BCUT2D eigenvalue weighted by Crippen LogP contribution is -2.22. The zero-order valence-corrected chi connectivity index (χ0v) is 8.08. The molecule has 0 saturated carbocycles. The molecule has 0 aromatic heterocycles. The summed E-state index contributed by atoms with van der Waals surface area (Å²) in [6, 6.07) is 5.13. The molecule has 76 valence electrons. The Morgan fingerprint density at radius 2 is 2.29 bits per heavy atom. The molecule has 0 spiro atoms. The number of aryl methyl sites for hydroxylation is 1. The molecular formula is C10H14N2O2. The molecule has 4 N–H and O–H groups in total. The van der Waals surface area contributed by atoms with Crippen LogP contribution in [0.1, 0.15) is 12.5 Å². The highest BCUT2D eigenvalue weighted by molar-refractivity contribution is 5.94. The number of aromatic hydroxyl groups is 1. The van der Waals surface area contributed by atoms with Gasteiger partial charge in [-0.1, -0.05) is 19.1 Å². The van der Waals surface area contributed by atoms with Crippen LogP contribution in [0.5, 0.6) is 5.75 Å². The Balaban J connectivity index is 2.98. The number of amides is 1. The van der Waals surface area contributed by atoms with Crippen molar-refractivity contribution in [3.8, 4) is 5.75 Å². The maximum Gasteiger partial charge on any atom is 0.238 e. The van der Waals surface area contributed by atoms with E-state index in [1.165, 1.54) is 6.07 Å². The lowest BCUT2D eigenvalue weighted by molar-refractivity contribution is -0.114. The minimum absolute atomic E-state index is 0.0751. The van der Waals surface area contributed by atoms with E-state index in [9.17, 15) is 9.90 Å². The van der Waals surface area contributed by atoms with Crippen LogP contribution in [0, 0.1) is 0 Å². The molecule has 1 amide bonds. The van der Waals surface area contributed by atoms with Gasteiger partial charge < -0.3 is 16.2 Å². The third kappa shape index (κ3) is 2.23. The van der Waals surface area contributed by atoms with E-state index in [0.717, 1.165) is 12.0 Å². The fraction of sp³-hybridized carbons (Fsp3) is 0.300. The highest BCUT2D eigenvalue weighted by Gasteiger charge is 2.08. The van der Waals surface area contributed by atoms with Crippen LogP contribution in [-0.4, -0.2) is 17.6 Å². The number of para-hydroxylation sites is 1. The van der Waals surface area contributed by atoms with Crippen LogP contribution in [0.4, 0.5) is 5.69 Å². The Morgan fingerprint density at radius 3 is 2.86 bits per heavy atom. The highest BCUT2D eigenvalue weighted by Crippen LogP contribution is 2.27. The van der Waals surface area contributed by atoms with Crippen molar-refractivity contribution in [2.75, 3.05) is 11.9 Å². The number of nitrogens with one attached hydrogen (secondary N) is 1. The van der Waals surface area contributed by atoms with Crippen LogP contribution in [0.25, 0.3) is 0 Å². The van der Waals surface area contributed by atoms with E-state index in [0.29, 0.717) is 5.69 Å². The zero-order valence-electron chi connectivity index (χ0n) is 8.08. The van der Waals surface area contributed by atoms with Gasteiger partial charge in [0.25, 0.3) is 0 Å². The molecule has 0 unspecified atom stereocenters. The molecule has 1 aromatic carbocycles. The summed E-state index contributed by atoms with van der Waals surface area (Å²) in [5.74, 6) is -0.229. The molecule has 4 nitrogen and oxygen atoms in total. The van der Waals surface area contributed by atoms with Gasteiger partial charge in [-0.2, -0.15) is 0 Å². The number of nitrogens with two attached hydrogens (primary N) is 1. The molecule has 0 saturated heterocycles. The lowest BCUT2D eigenvalue weighted by Gasteiger charge is -2.10. The van der Waals surface area contributed by atoms with Gasteiger partial charge in [0.1, 0.15) is 5.75 Å². The van der Waals surface area contributed by atoms with E-state index in [2.05, 4.69) is 5.32 Å². The fourth-order valence-electron chi connectivity index (χ4n) is 1.22. The second kappa shape index (κ2) is 4.62. The molecule has 0 bridgehead atoms. The van der Waals surface area contributed by atoms with Crippen molar-refractivity contribution in [3.63, 3.8) is 0 Å².